The molecule has 5 heteroatoms. The SMILES string of the molecule is CC(C)CNC(=O)CNC(=O)CCOc1ccccc1. The first kappa shape index (κ1) is 16.0. The van der Waals surface area contributed by atoms with Gasteiger partial charge < -0.3 is 15.4 Å². The number of amides is 2. The van der Waals surface area contributed by atoms with Crippen molar-refractivity contribution >= 4 is 11.8 Å². The second-order valence-electron chi connectivity index (χ2n) is 4.89. The normalized spacial score (nSPS) is 10.2. The fourth-order valence-corrected chi connectivity index (χ4v) is 1.43. The van der Waals surface area contributed by atoms with Crippen LogP contribution in [-0.4, -0.2) is 31.5 Å². The largest absolute Gasteiger partial charge is 0.493 e. The van der Waals surface area contributed by atoms with E-state index in [1.807, 2.05) is 44.2 Å². The number of carbonyl (C=O) groups is 2. The molecule has 1 aromatic carbocycles. The molecule has 5 nitrogen and oxygen atoms in total. The summed E-state index contributed by atoms with van der Waals surface area (Å²) < 4.78 is 5.40. The summed E-state index contributed by atoms with van der Waals surface area (Å²) in [6.45, 7) is 4.95. The lowest BCUT2D eigenvalue weighted by Gasteiger charge is -2.09. The van der Waals surface area contributed by atoms with Crippen LogP contribution in [0.2, 0.25) is 0 Å². The quantitative estimate of drug-likeness (QED) is 0.754. The summed E-state index contributed by atoms with van der Waals surface area (Å²) in [5, 5.41) is 5.30. The van der Waals surface area contributed by atoms with Gasteiger partial charge in [0.2, 0.25) is 11.8 Å². The van der Waals surface area contributed by atoms with Crippen molar-refractivity contribution in [2.75, 3.05) is 19.7 Å². The first-order chi connectivity index (χ1) is 9.58. The number of rotatable bonds is 8. The minimum atomic E-state index is -0.194. The van der Waals surface area contributed by atoms with Crippen LogP contribution in [0.15, 0.2) is 30.3 Å². The molecule has 0 radical (unpaired) electrons. The number of carbonyl (C=O) groups excluding carboxylic acids is 2. The van der Waals surface area contributed by atoms with Crippen LogP contribution in [0.1, 0.15) is 20.3 Å². The molecule has 0 fully saturated rings. The molecule has 0 aliphatic heterocycles. The lowest BCUT2D eigenvalue weighted by Crippen LogP contribution is -2.38. The highest BCUT2D eigenvalue weighted by Gasteiger charge is 2.06. The minimum Gasteiger partial charge on any atom is -0.493 e. The van der Waals surface area contributed by atoms with E-state index in [9.17, 15) is 9.59 Å². The molecule has 2 N–H and O–H groups in total. The van der Waals surface area contributed by atoms with Gasteiger partial charge in [-0.3, -0.25) is 9.59 Å². The van der Waals surface area contributed by atoms with Crippen LogP contribution in [0.3, 0.4) is 0 Å². The van der Waals surface area contributed by atoms with E-state index in [2.05, 4.69) is 10.6 Å². The highest BCUT2D eigenvalue weighted by atomic mass is 16.5. The molecule has 110 valence electrons. The molecule has 0 unspecified atom stereocenters. The summed E-state index contributed by atoms with van der Waals surface area (Å²) in [5.41, 5.74) is 0. The Bertz CT molecular complexity index is 418. The predicted molar refractivity (Wildman–Crippen MR) is 77.4 cm³/mol. The molecule has 1 rings (SSSR count). The molecule has 0 aromatic heterocycles. The lowest BCUT2D eigenvalue weighted by atomic mass is 10.2. The Balaban J connectivity index is 2.10. The van der Waals surface area contributed by atoms with Crippen LogP contribution in [-0.2, 0) is 9.59 Å². The number of benzene rings is 1. The molecule has 0 bridgehead atoms. The Morgan fingerprint density at radius 2 is 1.80 bits per heavy atom. The molecule has 0 saturated carbocycles. The van der Waals surface area contributed by atoms with Crippen LogP contribution in [0.4, 0.5) is 0 Å². The van der Waals surface area contributed by atoms with Crippen molar-refractivity contribution < 1.29 is 14.3 Å². The maximum absolute atomic E-state index is 11.5. The van der Waals surface area contributed by atoms with Gasteiger partial charge in [0.15, 0.2) is 0 Å². The molecule has 0 aliphatic carbocycles. The van der Waals surface area contributed by atoms with Gasteiger partial charge >= 0.3 is 0 Å². The zero-order chi connectivity index (χ0) is 14.8. The van der Waals surface area contributed by atoms with Gasteiger partial charge in [0.25, 0.3) is 0 Å². The second-order valence-corrected chi connectivity index (χ2v) is 4.89. The minimum absolute atomic E-state index is 0.0108. The maximum atomic E-state index is 11.5. The van der Waals surface area contributed by atoms with Gasteiger partial charge in [0.05, 0.1) is 19.6 Å². The van der Waals surface area contributed by atoms with E-state index in [1.165, 1.54) is 0 Å². The van der Waals surface area contributed by atoms with E-state index in [4.69, 9.17) is 4.74 Å². The van der Waals surface area contributed by atoms with Gasteiger partial charge in [-0.05, 0) is 18.1 Å². The highest BCUT2D eigenvalue weighted by Crippen LogP contribution is 2.08. The number of hydrogen-bond donors (Lipinski definition) is 2. The van der Waals surface area contributed by atoms with Gasteiger partial charge in [-0.25, -0.2) is 0 Å². The van der Waals surface area contributed by atoms with E-state index in [-0.39, 0.29) is 24.8 Å². The van der Waals surface area contributed by atoms with Crippen LogP contribution < -0.4 is 15.4 Å². The fourth-order valence-electron chi connectivity index (χ4n) is 1.43. The van der Waals surface area contributed by atoms with Gasteiger partial charge in [-0.2, -0.15) is 0 Å². The molecule has 0 atom stereocenters. The molecule has 0 heterocycles. The summed E-state index contributed by atoms with van der Waals surface area (Å²) >= 11 is 0. The van der Waals surface area contributed by atoms with Crippen molar-refractivity contribution in [3.05, 3.63) is 30.3 Å². The Hall–Kier alpha value is -2.04. The molecule has 0 saturated heterocycles. The topological polar surface area (TPSA) is 67.4 Å². The Morgan fingerprint density at radius 3 is 2.45 bits per heavy atom. The van der Waals surface area contributed by atoms with E-state index < -0.39 is 0 Å². The average Bonchev–Trinajstić information content (AvgIpc) is 2.44. The fraction of sp³-hybridized carbons (Fsp3) is 0.467. The molecule has 1 aromatic rings. The predicted octanol–water partition coefficient (Wildman–Crippen LogP) is 1.34. The van der Waals surface area contributed by atoms with E-state index in [0.29, 0.717) is 19.1 Å². The van der Waals surface area contributed by atoms with Gasteiger partial charge in [0, 0.05) is 6.54 Å². The number of para-hydroxylation sites is 1. The van der Waals surface area contributed by atoms with Crippen molar-refractivity contribution in [2.45, 2.75) is 20.3 Å². The lowest BCUT2D eigenvalue weighted by molar-refractivity contribution is -0.126. The van der Waals surface area contributed by atoms with E-state index in [1.54, 1.807) is 0 Å². The first-order valence-electron chi connectivity index (χ1n) is 6.79. The monoisotopic (exact) mass is 278 g/mol. The van der Waals surface area contributed by atoms with Crippen LogP contribution in [0.5, 0.6) is 5.75 Å². The van der Waals surface area contributed by atoms with E-state index in [0.717, 1.165) is 5.75 Å². The summed E-state index contributed by atoms with van der Waals surface area (Å²) in [5.74, 6) is 0.764. The number of ether oxygens (including phenoxy) is 1. The van der Waals surface area contributed by atoms with Gasteiger partial charge in [-0.15, -0.1) is 0 Å². The molecule has 0 spiro atoms. The summed E-state index contributed by atoms with van der Waals surface area (Å²) in [6.07, 6.45) is 0.229. The van der Waals surface area contributed by atoms with Crippen molar-refractivity contribution in [3.63, 3.8) is 0 Å². The standard InChI is InChI=1S/C15H22N2O3/c1-12(2)10-16-15(19)11-17-14(18)8-9-20-13-6-4-3-5-7-13/h3-7,12H,8-11H2,1-2H3,(H,16,19)(H,17,18). The molecular weight excluding hydrogens is 256 g/mol. The summed E-state index contributed by atoms with van der Waals surface area (Å²) in [7, 11) is 0. The Morgan fingerprint density at radius 1 is 1.10 bits per heavy atom. The third-order valence-electron chi connectivity index (χ3n) is 2.49. The van der Waals surface area contributed by atoms with Crippen LogP contribution in [0.25, 0.3) is 0 Å². The zero-order valence-corrected chi connectivity index (χ0v) is 12.0. The second kappa shape index (κ2) is 8.96. The molecule has 20 heavy (non-hydrogen) atoms. The average molecular weight is 278 g/mol. The highest BCUT2D eigenvalue weighted by molar-refractivity contribution is 5.84. The summed E-state index contributed by atoms with van der Waals surface area (Å²) in [6, 6.07) is 9.30. The van der Waals surface area contributed by atoms with E-state index >= 15 is 0 Å². The van der Waals surface area contributed by atoms with Crippen molar-refractivity contribution in [2.24, 2.45) is 5.92 Å². The third-order valence-corrected chi connectivity index (χ3v) is 2.49. The zero-order valence-electron chi connectivity index (χ0n) is 12.0. The molecule has 2 amide bonds. The van der Waals surface area contributed by atoms with Crippen molar-refractivity contribution in [1.29, 1.82) is 0 Å². The summed E-state index contributed by atoms with van der Waals surface area (Å²) in [4.78, 5) is 22.9. The third kappa shape index (κ3) is 7.41. The smallest absolute Gasteiger partial charge is 0.239 e. The van der Waals surface area contributed by atoms with Crippen LogP contribution >= 0.6 is 0 Å². The van der Waals surface area contributed by atoms with Crippen LogP contribution in [0, 0.1) is 5.92 Å². The Kier molecular flexibility index (Phi) is 7.17. The molecular formula is C15H22N2O3. The number of nitrogens with one attached hydrogen (secondary N) is 2. The van der Waals surface area contributed by atoms with Gasteiger partial charge in [-0.1, -0.05) is 32.0 Å². The van der Waals surface area contributed by atoms with Gasteiger partial charge in [0.1, 0.15) is 5.75 Å². The Labute approximate surface area is 119 Å². The molecule has 0 aliphatic rings. The maximum Gasteiger partial charge on any atom is 0.239 e. The first-order valence-corrected chi connectivity index (χ1v) is 6.79. The number of hydrogen-bond acceptors (Lipinski definition) is 3. The van der Waals surface area contributed by atoms with Crippen molar-refractivity contribution in [1.82, 2.24) is 10.6 Å². The van der Waals surface area contributed by atoms with Crippen molar-refractivity contribution in [3.8, 4) is 5.75 Å².